The minimum absolute atomic E-state index is 0.000592. The number of nitro groups is 1. The summed E-state index contributed by atoms with van der Waals surface area (Å²) in [5, 5.41) is 10.9. The molecule has 0 aliphatic carbocycles. The van der Waals surface area contributed by atoms with E-state index in [2.05, 4.69) is 0 Å². The Morgan fingerprint density at radius 1 is 1.03 bits per heavy atom. The monoisotopic (exact) mass is 411 g/mol. The maximum absolute atomic E-state index is 12.5. The van der Waals surface area contributed by atoms with E-state index in [-0.39, 0.29) is 23.0 Å². The quantitative estimate of drug-likeness (QED) is 0.247. The number of nitrogens with zero attached hydrogens (tertiary/aromatic N) is 3. The van der Waals surface area contributed by atoms with Crippen molar-refractivity contribution >= 4 is 40.9 Å². The molecule has 2 amide bonds. The Balaban J connectivity index is 1.84. The van der Waals surface area contributed by atoms with Crippen LogP contribution in [-0.2, 0) is 16.2 Å². The van der Waals surface area contributed by atoms with Crippen LogP contribution in [0.1, 0.15) is 11.1 Å². The van der Waals surface area contributed by atoms with Crippen LogP contribution in [-0.4, -0.2) is 45.7 Å². The van der Waals surface area contributed by atoms with E-state index in [1.165, 1.54) is 42.1 Å². The van der Waals surface area contributed by atoms with Crippen molar-refractivity contribution in [2.75, 3.05) is 14.1 Å². The molecule has 1 aliphatic heterocycles. The summed E-state index contributed by atoms with van der Waals surface area (Å²) in [6.07, 6.45) is 1.48. The smallest absolute Gasteiger partial charge is 0.269 e. The van der Waals surface area contributed by atoms with E-state index >= 15 is 0 Å². The topological polar surface area (TPSA) is 93.0 Å². The predicted octanol–water partition coefficient (Wildman–Crippen LogP) is 2.77. The van der Waals surface area contributed by atoms with E-state index in [0.29, 0.717) is 11.3 Å². The number of hydrogen-bond acceptors (Lipinski definition) is 6. The highest BCUT2D eigenvalue weighted by atomic mass is 32.1. The Kier molecular flexibility index (Phi) is 5.69. The van der Waals surface area contributed by atoms with E-state index < -0.39 is 16.7 Å². The van der Waals surface area contributed by atoms with Gasteiger partial charge < -0.3 is 4.74 Å². The van der Waals surface area contributed by atoms with Crippen molar-refractivity contribution in [2.45, 2.75) is 6.61 Å². The maximum atomic E-state index is 12.5. The van der Waals surface area contributed by atoms with Crippen LogP contribution in [0.5, 0.6) is 5.75 Å². The summed E-state index contributed by atoms with van der Waals surface area (Å²) in [4.78, 5) is 37.8. The van der Waals surface area contributed by atoms with Crippen molar-refractivity contribution in [1.82, 2.24) is 9.80 Å². The number of para-hydroxylation sites is 1. The second-order valence-electron chi connectivity index (χ2n) is 6.32. The number of rotatable bonds is 5. The zero-order chi connectivity index (χ0) is 21.1. The lowest BCUT2D eigenvalue weighted by Gasteiger charge is -2.31. The highest BCUT2D eigenvalue weighted by Gasteiger charge is 2.35. The van der Waals surface area contributed by atoms with Gasteiger partial charge in [0.1, 0.15) is 17.9 Å². The summed E-state index contributed by atoms with van der Waals surface area (Å²) in [6.45, 7) is 0.171. The molecule has 1 fully saturated rings. The lowest BCUT2D eigenvalue weighted by atomic mass is 10.1. The molecule has 0 saturated carbocycles. The SMILES string of the molecule is CN1C(=O)C(=Cc2ccccc2OCc2ccc([N+](=O)[O-])cc2)C(=O)N(C)C1=S. The van der Waals surface area contributed by atoms with Crippen molar-refractivity contribution in [2.24, 2.45) is 0 Å². The first kappa shape index (κ1) is 20.2. The van der Waals surface area contributed by atoms with E-state index in [4.69, 9.17) is 17.0 Å². The molecule has 9 heteroatoms. The molecular weight excluding hydrogens is 394 g/mol. The van der Waals surface area contributed by atoms with Gasteiger partial charge in [-0.1, -0.05) is 18.2 Å². The minimum Gasteiger partial charge on any atom is -0.488 e. The molecule has 3 rings (SSSR count). The third-order valence-electron chi connectivity index (χ3n) is 4.40. The van der Waals surface area contributed by atoms with E-state index in [1.54, 1.807) is 36.4 Å². The van der Waals surface area contributed by atoms with Crippen LogP contribution in [0.4, 0.5) is 5.69 Å². The lowest BCUT2D eigenvalue weighted by Crippen LogP contribution is -2.52. The van der Waals surface area contributed by atoms with Gasteiger partial charge in [-0.3, -0.25) is 29.5 Å². The number of thiocarbonyl (C=S) groups is 1. The Bertz CT molecular complexity index is 1010. The largest absolute Gasteiger partial charge is 0.488 e. The van der Waals surface area contributed by atoms with Gasteiger partial charge in [0.15, 0.2) is 5.11 Å². The van der Waals surface area contributed by atoms with Gasteiger partial charge in [-0.2, -0.15) is 0 Å². The first-order valence-corrected chi connectivity index (χ1v) is 8.97. The summed E-state index contributed by atoms with van der Waals surface area (Å²) in [5.41, 5.74) is 1.28. The summed E-state index contributed by atoms with van der Waals surface area (Å²) in [6, 6.07) is 13.0. The summed E-state index contributed by atoms with van der Waals surface area (Å²) < 4.78 is 5.82. The van der Waals surface area contributed by atoms with Gasteiger partial charge in [-0.05, 0) is 42.1 Å². The minimum atomic E-state index is -0.483. The molecule has 1 aliphatic rings. The number of non-ortho nitro benzene ring substituents is 1. The van der Waals surface area contributed by atoms with E-state index in [1.807, 2.05) is 0 Å². The molecule has 1 heterocycles. The van der Waals surface area contributed by atoms with Crippen LogP contribution in [0.3, 0.4) is 0 Å². The van der Waals surface area contributed by atoms with Gasteiger partial charge >= 0.3 is 0 Å². The third kappa shape index (κ3) is 4.14. The number of benzene rings is 2. The number of carbonyl (C=O) groups is 2. The fraction of sp³-hybridized carbons (Fsp3) is 0.150. The zero-order valence-corrected chi connectivity index (χ0v) is 16.5. The molecule has 8 nitrogen and oxygen atoms in total. The molecule has 0 aromatic heterocycles. The van der Waals surface area contributed by atoms with Crippen LogP contribution in [0, 0.1) is 10.1 Å². The molecule has 0 radical (unpaired) electrons. The van der Waals surface area contributed by atoms with Crippen LogP contribution in [0.2, 0.25) is 0 Å². The van der Waals surface area contributed by atoms with Crippen molar-refractivity contribution in [3.8, 4) is 5.75 Å². The summed E-state index contributed by atoms with van der Waals surface area (Å²) in [7, 11) is 3.02. The Labute approximate surface area is 172 Å². The molecule has 0 N–H and O–H groups in total. The highest BCUT2D eigenvalue weighted by Crippen LogP contribution is 2.25. The van der Waals surface area contributed by atoms with Gasteiger partial charge in [0.2, 0.25) is 0 Å². The third-order valence-corrected chi connectivity index (χ3v) is 4.95. The fourth-order valence-electron chi connectivity index (χ4n) is 2.74. The molecule has 0 spiro atoms. The number of ether oxygens (including phenoxy) is 1. The van der Waals surface area contributed by atoms with Crippen LogP contribution in [0.15, 0.2) is 54.1 Å². The molecular formula is C20H17N3O5S. The van der Waals surface area contributed by atoms with Crippen molar-refractivity contribution < 1.29 is 19.2 Å². The van der Waals surface area contributed by atoms with Crippen molar-refractivity contribution in [3.63, 3.8) is 0 Å². The van der Waals surface area contributed by atoms with Crippen molar-refractivity contribution in [3.05, 3.63) is 75.3 Å². The maximum Gasteiger partial charge on any atom is 0.269 e. The highest BCUT2D eigenvalue weighted by molar-refractivity contribution is 7.80. The Morgan fingerprint density at radius 2 is 1.62 bits per heavy atom. The van der Waals surface area contributed by atoms with Crippen LogP contribution in [0.25, 0.3) is 6.08 Å². The van der Waals surface area contributed by atoms with Gasteiger partial charge in [0.25, 0.3) is 17.5 Å². The normalized spacial score (nSPS) is 14.3. The number of hydrogen-bond donors (Lipinski definition) is 0. The van der Waals surface area contributed by atoms with E-state index in [0.717, 1.165) is 5.56 Å². The van der Waals surface area contributed by atoms with Gasteiger partial charge in [0, 0.05) is 31.8 Å². The Morgan fingerprint density at radius 3 is 2.21 bits per heavy atom. The summed E-state index contributed by atoms with van der Waals surface area (Å²) >= 11 is 5.09. The number of nitro benzene ring substituents is 1. The molecule has 0 unspecified atom stereocenters. The predicted molar refractivity (Wildman–Crippen MR) is 110 cm³/mol. The number of likely N-dealkylation sites (N-methyl/N-ethyl adjacent to an activating group) is 2. The molecule has 0 atom stereocenters. The molecule has 0 bridgehead atoms. The van der Waals surface area contributed by atoms with E-state index in [9.17, 15) is 19.7 Å². The first-order valence-electron chi connectivity index (χ1n) is 8.56. The molecule has 2 aromatic rings. The van der Waals surface area contributed by atoms with Crippen LogP contribution < -0.4 is 4.74 Å². The standard InChI is InChI=1S/C20H17N3O5S/c1-21-18(24)16(19(25)22(2)20(21)29)11-14-5-3-4-6-17(14)28-12-13-7-9-15(10-8-13)23(26)27/h3-11H,12H2,1-2H3. The Hall–Kier alpha value is -3.59. The van der Waals surface area contributed by atoms with Crippen LogP contribution >= 0.6 is 12.2 Å². The van der Waals surface area contributed by atoms with Gasteiger partial charge in [0.05, 0.1) is 4.92 Å². The number of amides is 2. The second kappa shape index (κ2) is 8.19. The van der Waals surface area contributed by atoms with Gasteiger partial charge in [-0.25, -0.2) is 0 Å². The van der Waals surface area contributed by atoms with Crippen molar-refractivity contribution in [1.29, 1.82) is 0 Å². The first-order chi connectivity index (χ1) is 13.8. The number of carbonyl (C=O) groups excluding carboxylic acids is 2. The summed E-state index contributed by atoms with van der Waals surface area (Å²) in [5.74, 6) is -0.496. The zero-order valence-electron chi connectivity index (χ0n) is 15.7. The van der Waals surface area contributed by atoms with Gasteiger partial charge in [-0.15, -0.1) is 0 Å². The second-order valence-corrected chi connectivity index (χ2v) is 6.68. The lowest BCUT2D eigenvalue weighted by molar-refractivity contribution is -0.384. The molecule has 1 saturated heterocycles. The molecule has 148 valence electrons. The fourth-order valence-corrected chi connectivity index (χ4v) is 2.90. The molecule has 2 aromatic carbocycles. The average molecular weight is 411 g/mol. The molecule has 29 heavy (non-hydrogen) atoms. The average Bonchev–Trinajstić information content (AvgIpc) is 2.73.